The fourth-order valence-electron chi connectivity index (χ4n) is 1.36. The van der Waals surface area contributed by atoms with E-state index in [-0.39, 0.29) is 20.3 Å². The normalized spacial score (nSPS) is 12.9. The molecule has 2 rings (SSSR count). The van der Waals surface area contributed by atoms with E-state index in [0.717, 1.165) is 4.26 Å². The SMILES string of the molecule is C[C@@H](C(N)=O)n1[se]c2ccccc2c1=O. The van der Waals surface area contributed by atoms with E-state index in [1.54, 1.807) is 16.6 Å². The van der Waals surface area contributed by atoms with Gasteiger partial charge in [0.15, 0.2) is 0 Å². The van der Waals surface area contributed by atoms with Gasteiger partial charge in [-0.05, 0) is 0 Å². The summed E-state index contributed by atoms with van der Waals surface area (Å²) in [6, 6.07) is 6.90. The molecule has 4 nitrogen and oxygen atoms in total. The first-order chi connectivity index (χ1) is 7.11. The number of hydrogen-bond acceptors (Lipinski definition) is 2. The van der Waals surface area contributed by atoms with Crippen LogP contribution in [0.4, 0.5) is 0 Å². The summed E-state index contributed by atoms with van der Waals surface area (Å²) in [4.78, 5) is 22.9. The molecule has 1 atom stereocenters. The number of aromatic nitrogens is 1. The molecule has 15 heavy (non-hydrogen) atoms. The number of nitrogens with zero attached hydrogens (tertiary/aromatic N) is 1. The molecule has 1 amide bonds. The van der Waals surface area contributed by atoms with Crippen molar-refractivity contribution in [2.24, 2.45) is 5.73 Å². The van der Waals surface area contributed by atoms with Crippen molar-refractivity contribution >= 4 is 30.3 Å². The van der Waals surface area contributed by atoms with E-state index >= 15 is 0 Å². The molecule has 0 aliphatic rings. The van der Waals surface area contributed by atoms with Gasteiger partial charge in [-0.15, -0.1) is 0 Å². The molecular weight excluding hydrogens is 259 g/mol. The number of hydrogen-bond donors (Lipinski definition) is 1. The van der Waals surface area contributed by atoms with Gasteiger partial charge in [-0.2, -0.15) is 0 Å². The average Bonchev–Trinajstić information content (AvgIpc) is 2.56. The Hall–Kier alpha value is -1.32. The van der Waals surface area contributed by atoms with E-state index < -0.39 is 11.9 Å². The summed E-state index contributed by atoms with van der Waals surface area (Å²) in [6.45, 7) is 1.66. The quantitative estimate of drug-likeness (QED) is 0.786. The Labute approximate surface area is 92.3 Å². The molecule has 1 aromatic carbocycles. The summed E-state index contributed by atoms with van der Waals surface area (Å²) < 4.78 is 2.57. The number of carbonyl (C=O) groups is 1. The Bertz CT molecular complexity index is 570. The average molecular weight is 269 g/mol. The van der Waals surface area contributed by atoms with Gasteiger partial charge < -0.3 is 0 Å². The van der Waals surface area contributed by atoms with E-state index in [0.29, 0.717) is 5.39 Å². The van der Waals surface area contributed by atoms with Crippen LogP contribution in [-0.2, 0) is 4.79 Å². The van der Waals surface area contributed by atoms with Gasteiger partial charge in [-0.3, -0.25) is 0 Å². The fourth-order valence-corrected chi connectivity index (χ4v) is 3.56. The summed E-state index contributed by atoms with van der Waals surface area (Å²) in [5.74, 6) is -0.460. The van der Waals surface area contributed by atoms with Gasteiger partial charge in [0.05, 0.1) is 0 Å². The number of primary amides is 1. The van der Waals surface area contributed by atoms with Crippen LogP contribution in [0.1, 0.15) is 13.0 Å². The number of carbonyl (C=O) groups excluding carboxylic acids is 1. The molecule has 0 radical (unpaired) electrons. The first-order valence-electron chi connectivity index (χ1n) is 4.51. The molecular formula is C10H10N2O2Se. The van der Waals surface area contributed by atoms with Gasteiger partial charge in [0.1, 0.15) is 0 Å². The maximum absolute atomic E-state index is 11.9. The topological polar surface area (TPSA) is 65.1 Å². The van der Waals surface area contributed by atoms with Crippen molar-refractivity contribution in [3.8, 4) is 0 Å². The molecule has 78 valence electrons. The third-order valence-electron chi connectivity index (χ3n) is 2.28. The summed E-state index contributed by atoms with van der Waals surface area (Å²) in [7, 11) is 0. The van der Waals surface area contributed by atoms with Crippen LogP contribution in [0, 0.1) is 0 Å². The molecule has 0 aliphatic carbocycles. The number of amides is 1. The molecule has 0 fully saturated rings. The number of rotatable bonds is 2. The Kier molecular flexibility index (Phi) is 2.50. The van der Waals surface area contributed by atoms with Gasteiger partial charge in [0, 0.05) is 0 Å². The molecule has 5 heteroatoms. The molecule has 1 heterocycles. The number of benzene rings is 1. The summed E-state index contributed by atoms with van der Waals surface area (Å²) >= 11 is -0.123. The summed E-state index contributed by atoms with van der Waals surface area (Å²) in [6.07, 6.45) is 0. The van der Waals surface area contributed by atoms with Crippen molar-refractivity contribution in [2.75, 3.05) is 0 Å². The Morgan fingerprint density at radius 1 is 1.47 bits per heavy atom. The van der Waals surface area contributed by atoms with E-state index in [4.69, 9.17) is 5.73 Å². The van der Waals surface area contributed by atoms with E-state index in [2.05, 4.69) is 0 Å². The Morgan fingerprint density at radius 2 is 2.13 bits per heavy atom. The zero-order valence-corrected chi connectivity index (χ0v) is 9.85. The van der Waals surface area contributed by atoms with Crippen LogP contribution in [0.3, 0.4) is 0 Å². The standard InChI is InChI=1S/C10H10N2O2Se/c1-6(9(11)13)12-10(14)7-4-2-3-5-8(7)15-12/h2-6H,1H3,(H2,11,13)/t6-/m0/s1. The first-order valence-corrected chi connectivity index (χ1v) is 6.13. The van der Waals surface area contributed by atoms with Gasteiger partial charge in [-0.25, -0.2) is 0 Å². The molecule has 0 spiro atoms. The second-order valence-electron chi connectivity index (χ2n) is 3.30. The van der Waals surface area contributed by atoms with Gasteiger partial charge in [-0.1, -0.05) is 0 Å². The fraction of sp³-hybridized carbons (Fsp3) is 0.200. The van der Waals surface area contributed by atoms with Crippen LogP contribution in [0.2, 0.25) is 0 Å². The molecule has 0 bridgehead atoms. The van der Waals surface area contributed by atoms with Gasteiger partial charge in [0.2, 0.25) is 0 Å². The Balaban J connectivity index is 2.68. The van der Waals surface area contributed by atoms with E-state index in [1.807, 2.05) is 18.2 Å². The van der Waals surface area contributed by atoms with Crippen molar-refractivity contribution in [2.45, 2.75) is 13.0 Å². The van der Waals surface area contributed by atoms with Crippen molar-refractivity contribution in [3.63, 3.8) is 0 Å². The van der Waals surface area contributed by atoms with Crippen molar-refractivity contribution < 1.29 is 4.79 Å². The molecule has 1 aromatic heterocycles. The zero-order chi connectivity index (χ0) is 11.0. The van der Waals surface area contributed by atoms with Crippen molar-refractivity contribution in [3.05, 3.63) is 34.6 Å². The van der Waals surface area contributed by atoms with Crippen LogP contribution in [0.5, 0.6) is 0 Å². The van der Waals surface area contributed by atoms with Crippen LogP contribution in [0.15, 0.2) is 29.1 Å². The zero-order valence-electron chi connectivity index (χ0n) is 8.14. The Morgan fingerprint density at radius 3 is 2.73 bits per heavy atom. The maximum atomic E-state index is 11.9. The predicted octanol–water partition coefficient (Wildman–Crippen LogP) is 0.105. The third-order valence-corrected chi connectivity index (χ3v) is 4.86. The minimum absolute atomic E-state index is 0.0862. The molecule has 0 aliphatic heterocycles. The van der Waals surface area contributed by atoms with Crippen molar-refractivity contribution in [1.82, 2.24) is 3.56 Å². The van der Waals surface area contributed by atoms with E-state index in [1.165, 1.54) is 0 Å². The van der Waals surface area contributed by atoms with Crippen LogP contribution in [0.25, 0.3) is 9.65 Å². The van der Waals surface area contributed by atoms with Crippen molar-refractivity contribution in [1.29, 1.82) is 0 Å². The second-order valence-corrected chi connectivity index (χ2v) is 5.43. The van der Waals surface area contributed by atoms with E-state index in [9.17, 15) is 9.59 Å². The minimum atomic E-state index is -0.523. The summed E-state index contributed by atoms with van der Waals surface area (Å²) in [5.41, 5.74) is 5.10. The van der Waals surface area contributed by atoms with Crippen LogP contribution >= 0.6 is 0 Å². The third kappa shape index (κ3) is 1.64. The molecule has 2 N–H and O–H groups in total. The monoisotopic (exact) mass is 270 g/mol. The molecule has 2 aromatic rings. The predicted molar refractivity (Wildman–Crippen MR) is 59.1 cm³/mol. The first kappa shape index (κ1) is 10.2. The van der Waals surface area contributed by atoms with Gasteiger partial charge in [0.25, 0.3) is 0 Å². The second kappa shape index (κ2) is 3.68. The molecule has 0 unspecified atom stereocenters. The van der Waals surface area contributed by atoms with Crippen LogP contribution in [-0.4, -0.2) is 24.2 Å². The summed E-state index contributed by atoms with van der Waals surface area (Å²) in [5, 5.41) is 0.700. The number of nitrogens with two attached hydrogens (primary N) is 1. The molecule has 0 saturated heterocycles. The molecule has 0 saturated carbocycles. The van der Waals surface area contributed by atoms with Crippen LogP contribution < -0.4 is 11.3 Å². The number of fused-ring (bicyclic) bond motifs is 1. The van der Waals surface area contributed by atoms with Gasteiger partial charge >= 0.3 is 92.0 Å².